The first kappa shape index (κ1) is 25.5. The second-order valence-corrected chi connectivity index (χ2v) is 9.51. The molecule has 1 aromatic rings. The molecule has 4 rings (SSSR count). The number of ether oxygens (including phenoxy) is 2. The molecule has 2 aliphatic carbocycles. The summed E-state index contributed by atoms with van der Waals surface area (Å²) in [5.74, 6) is -0.196. The smallest absolute Gasteiger partial charge is 0.247 e. The molecule has 0 unspecified atom stereocenters. The van der Waals surface area contributed by atoms with Gasteiger partial charge in [0.15, 0.2) is 11.5 Å². The molecule has 1 heterocycles. The molecular formula is C26H36N2O7. The number of fused-ring (bicyclic) bond motifs is 3. The van der Waals surface area contributed by atoms with Crippen LogP contribution < -0.4 is 14.8 Å². The van der Waals surface area contributed by atoms with Crippen molar-refractivity contribution >= 4 is 11.8 Å². The zero-order valence-electron chi connectivity index (χ0n) is 20.4. The van der Waals surface area contributed by atoms with E-state index in [0.717, 1.165) is 25.7 Å². The molecule has 3 aliphatic rings. The number of carbonyl (C=O) groups is 2. The number of benzene rings is 1. The van der Waals surface area contributed by atoms with Crippen molar-refractivity contribution in [2.75, 3.05) is 20.3 Å². The Kier molecular flexibility index (Phi) is 7.98. The molecular weight excluding hydrogens is 452 g/mol. The lowest BCUT2D eigenvalue weighted by molar-refractivity contribution is -0.140. The third kappa shape index (κ3) is 4.77. The van der Waals surface area contributed by atoms with Crippen LogP contribution in [0.3, 0.4) is 0 Å². The van der Waals surface area contributed by atoms with Crippen molar-refractivity contribution in [1.29, 1.82) is 0 Å². The highest BCUT2D eigenvalue weighted by Gasteiger charge is 2.52. The molecule has 1 aliphatic heterocycles. The number of nitrogens with zero attached hydrogens (tertiary/aromatic N) is 1. The van der Waals surface area contributed by atoms with Crippen LogP contribution in [0.25, 0.3) is 0 Å². The average Bonchev–Trinajstić information content (AvgIpc) is 3.52. The first-order chi connectivity index (χ1) is 16.9. The summed E-state index contributed by atoms with van der Waals surface area (Å²) in [5.41, 5.74) is 1.62. The van der Waals surface area contributed by atoms with Gasteiger partial charge in [0.25, 0.3) is 0 Å². The zero-order valence-corrected chi connectivity index (χ0v) is 20.4. The highest BCUT2D eigenvalue weighted by Crippen LogP contribution is 2.51. The van der Waals surface area contributed by atoms with Crippen LogP contribution in [0, 0.1) is 0 Å². The van der Waals surface area contributed by atoms with Gasteiger partial charge in [-0.15, -0.1) is 0 Å². The Bertz CT molecular complexity index is 973. The van der Waals surface area contributed by atoms with Gasteiger partial charge in [-0.25, -0.2) is 0 Å². The molecule has 2 amide bonds. The highest BCUT2D eigenvalue weighted by atomic mass is 16.5. The van der Waals surface area contributed by atoms with E-state index < -0.39 is 24.2 Å². The summed E-state index contributed by atoms with van der Waals surface area (Å²) in [5, 5.41) is 33.3. The molecule has 1 aromatic carbocycles. The van der Waals surface area contributed by atoms with Crippen molar-refractivity contribution in [3.05, 3.63) is 34.9 Å². The number of rotatable bonds is 9. The third-order valence-electron chi connectivity index (χ3n) is 7.29. The van der Waals surface area contributed by atoms with E-state index in [1.807, 2.05) is 6.92 Å². The second kappa shape index (κ2) is 11.0. The van der Waals surface area contributed by atoms with Gasteiger partial charge in [0.2, 0.25) is 11.8 Å². The molecule has 0 bridgehead atoms. The fourth-order valence-electron chi connectivity index (χ4n) is 5.73. The van der Waals surface area contributed by atoms with Gasteiger partial charge in [-0.05, 0) is 43.0 Å². The molecule has 0 aromatic heterocycles. The molecule has 192 valence electrons. The van der Waals surface area contributed by atoms with Crippen molar-refractivity contribution in [3.63, 3.8) is 0 Å². The number of nitrogens with one attached hydrogen (secondary N) is 1. The predicted octanol–water partition coefficient (Wildman–Crippen LogP) is 1.38. The van der Waals surface area contributed by atoms with E-state index in [4.69, 9.17) is 9.47 Å². The Morgan fingerprint density at radius 1 is 1.23 bits per heavy atom. The Balaban J connectivity index is 1.81. The lowest BCUT2D eigenvalue weighted by Crippen LogP contribution is -2.58. The van der Waals surface area contributed by atoms with E-state index in [-0.39, 0.29) is 37.6 Å². The number of hydrogen-bond acceptors (Lipinski definition) is 7. The minimum Gasteiger partial charge on any atom is -0.493 e. The molecule has 0 saturated heterocycles. The molecule has 9 heteroatoms. The van der Waals surface area contributed by atoms with Crippen molar-refractivity contribution in [3.8, 4) is 11.5 Å². The van der Waals surface area contributed by atoms with Gasteiger partial charge in [0.1, 0.15) is 12.2 Å². The SMILES string of the molecule is CCCC(=O)N(C1CCCC1)[C@@H]1C=C(C(=O)NCCO)[C@@H]2c3cc(CO)cc(OC)c3O[C@@H]2[C@H]1O. The van der Waals surface area contributed by atoms with Gasteiger partial charge in [-0.3, -0.25) is 9.59 Å². The molecule has 0 radical (unpaired) electrons. The standard InChI is InChI=1S/C26H36N2O7/c1-3-6-21(31)28(16-7-4-5-8-16)19-13-18(26(33)27-9-10-29)22-17-11-15(14-30)12-20(34-2)24(17)35-25(22)23(19)32/h11-13,16,19,22-23,25,29-30,32H,3-10,14H2,1-2H3,(H,27,33)/t19-,22+,23+,25+/m1/s1. The van der Waals surface area contributed by atoms with Crippen LogP contribution >= 0.6 is 0 Å². The summed E-state index contributed by atoms with van der Waals surface area (Å²) in [6.07, 6.45) is 4.65. The molecule has 4 N–H and O–H groups in total. The van der Waals surface area contributed by atoms with E-state index in [1.165, 1.54) is 7.11 Å². The van der Waals surface area contributed by atoms with Gasteiger partial charge < -0.3 is 35.0 Å². The summed E-state index contributed by atoms with van der Waals surface area (Å²) < 4.78 is 11.7. The normalized spacial score (nSPS) is 25.3. The predicted molar refractivity (Wildman–Crippen MR) is 128 cm³/mol. The molecule has 35 heavy (non-hydrogen) atoms. The van der Waals surface area contributed by atoms with Crippen molar-refractivity contribution < 1.29 is 34.4 Å². The fourth-order valence-corrected chi connectivity index (χ4v) is 5.73. The van der Waals surface area contributed by atoms with Gasteiger partial charge in [0.05, 0.1) is 32.3 Å². The maximum Gasteiger partial charge on any atom is 0.247 e. The van der Waals surface area contributed by atoms with Crippen LogP contribution in [0.2, 0.25) is 0 Å². The van der Waals surface area contributed by atoms with Crippen LogP contribution in [-0.4, -0.2) is 76.6 Å². The Labute approximate surface area is 205 Å². The lowest BCUT2D eigenvalue weighted by Gasteiger charge is -2.43. The molecule has 9 nitrogen and oxygen atoms in total. The monoisotopic (exact) mass is 488 g/mol. The van der Waals surface area contributed by atoms with E-state index in [2.05, 4.69) is 5.32 Å². The highest BCUT2D eigenvalue weighted by molar-refractivity contribution is 5.96. The van der Waals surface area contributed by atoms with Crippen molar-refractivity contribution in [1.82, 2.24) is 10.2 Å². The van der Waals surface area contributed by atoms with Gasteiger partial charge in [-0.2, -0.15) is 0 Å². The first-order valence-electron chi connectivity index (χ1n) is 12.5. The number of aliphatic hydroxyl groups excluding tert-OH is 3. The topological polar surface area (TPSA) is 129 Å². The summed E-state index contributed by atoms with van der Waals surface area (Å²) in [4.78, 5) is 28.4. The van der Waals surface area contributed by atoms with Gasteiger partial charge in [0, 0.05) is 30.1 Å². The number of carbonyl (C=O) groups excluding carboxylic acids is 2. The number of hydrogen-bond donors (Lipinski definition) is 4. The third-order valence-corrected chi connectivity index (χ3v) is 7.29. The maximum absolute atomic E-state index is 13.3. The summed E-state index contributed by atoms with van der Waals surface area (Å²) >= 11 is 0. The Morgan fingerprint density at radius 2 is 1.97 bits per heavy atom. The van der Waals surface area contributed by atoms with Crippen molar-refractivity contribution in [2.24, 2.45) is 0 Å². The van der Waals surface area contributed by atoms with Crippen LogP contribution in [0.4, 0.5) is 0 Å². The van der Waals surface area contributed by atoms with E-state index in [0.29, 0.717) is 41.0 Å². The maximum atomic E-state index is 13.3. The van der Waals surface area contributed by atoms with Crippen LogP contribution in [0.15, 0.2) is 23.8 Å². The van der Waals surface area contributed by atoms with Crippen LogP contribution in [0.1, 0.15) is 62.5 Å². The van der Waals surface area contributed by atoms with E-state index in [9.17, 15) is 24.9 Å². The fraction of sp³-hybridized carbons (Fsp3) is 0.615. The summed E-state index contributed by atoms with van der Waals surface area (Å²) in [6, 6.07) is 2.72. The van der Waals surface area contributed by atoms with E-state index in [1.54, 1.807) is 23.1 Å². The number of methoxy groups -OCH3 is 1. The average molecular weight is 489 g/mol. The summed E-state index contributed by atoms with van der Waals surface area (Å²) in [7, 11) is 1.50. The van der Waals surface area contributed by atoms with Crippen LogP contribution in [0.5, 0.6) is 11.5 Å². The van der Waals surface area contributed by atoms with Crippen molar-refractivity contribution in [2.45, 2.75) is 82.3 Å². The first-order valence-corrected chi connectivity index (χ1v) is 12.5. The van der Waals surface area contributed by atoms with Crippen LogP contribution in [-0.2, 0) is 16.2 Å². The van der Waals surface area contributed by atoms with Gasteiger partial charge in [-0.1, -0.05) is 19.8 Å². The second-order valence-electron chi connectivity index (χ2n) is 9.51. The Morgan fingerprint density at radius 3 is 2.60 bits per heavy atom. The molecule has 1 saturated carbocycles. The largest absolute Gasteiger partial charge is 0.493 e. The number of amides is 2. The zero-order chi connectivity index (χ0) is 25.1. The van der Waals surface area contributed by atoms with E-state index >= 15 is 0 Å². The minimum atomic E-state index is -1.06. The minimum absolute atomic E-state index is 0.00237. The summed E-state index contributed by atoms with van der Waals surface area (Å²) in [6.45, 7) is 1.60. The quantitative estimate of drug-likeness (QED) is 0.413. The number of aliphatic hydroxyl groups is 3. The Hall–Kier alpha value is -2.62. The van der Waals surface area contributed by atoms with Gasteiger partial charge >= 0.3 is 0 Å². The molecule has 4 atom stereocenters. The lowest BCUT2D eigenvalue weighted by atomic mass is 9.77. The molecule has 1 fully saturated rings. The molecule has 0 spiro atoms.